The molecule has 116 valence electrons. The summed E-state index contributed by atoms with van der Waals surface area (Å²) >= 11 is 3.74. The summed E-state index contributed by atoms with van der Waals surface area (Å²) in [7, 11) is 0. The maximum Gasteiger partial charge on any atom is 0.0485 e. The molecule has 2 saturated heterocycles. The number of halogens is 1. The third-order valence-electron chi connectivity index (χ3n) is 5.12. The normalized spacial score (nSPS) is 28.6. The summed E-state index contributed by atoms with van der Waals surface area (Å²) in [6.07, 6.45) is 2.70. The van der Waals surface area contributed by atoms with Crippen LogP contribution >= 0.6 is 15.9 Å². The highest BCUT2D eigenvalue weighted by molar-refractivity contribution is 9.10. The fraction of sp³-hybridized carbons (Fsp3) is 0.647. The van der Waals surface area contributed by atoms with Gasteiger partial charge in [0.2, 0.25) is 0 Å². The number of nitrogens with zero attached hydrogens (tertiary/aromatic N) is 2. The lowest BCUT2D eigenvalue weighted by Gasteiger charge is -2.46. The van der Waals surface area contributed by atoms with Gasteiger partial charge >= 0.3 is 0 Å². The quantitative estimate of drug-likeness (QED) is 0.908. The van der Waals surface area contributed by atoms with Gasteiger partial charge < -0.3 is 5.73 Å². The molecule has 2 N–H and O–H groups in total. The van der Waals surface area contributed by atoms with Crippen molar-refractivity contribution in [1.82, 2.24) is 9.80 Å². The largest absolute Gasteiger partial charge is 0.329 e. The number of piperazine rings is 1. The van der Waals surface area contributed by atoms with Gasteiger partial charge in [0.25, 0.3) is 0 Å². The Hall–Kier alpha value is -0.420. The highest BCUT2D eigenvalue weighted by atomic mass is 79.9. The minimum atomic E-state index is 0.317. The molecular weight excluding hydrogens is 326 g/mol. The van der Waals surface area contributed by atoms with E-state index >= 15 is 0 Å². The number of hydrogen-bond acceptors (Lipinski definition) is 3. The predicted molar refractivity (Wildman–Crippen MR) is 91.4 cm³/mol. The van der Waals surface area contributed by atoms with Crippen LogP contribution in [-0.2, 0) is 0 Å². The van der Waals surface area contributed by atoms with Crippen LogP contribution in [0, 0.1) is 6.92 Å². The molecule has 0 radical (unpaired) electrons. The molecule has 3 rings (SSSR count). The lowest BCUT2D eigenvalue weighted by atomic mass is 9.98. The standard InChI is InChI=1S/C17H26BrN3/c1-12-5-6-15(16(18)8-12)17(9-19)21-11-14-4-3-7-20(14)10-13(21)2/h5-6,8,13-14,17H,3-4,7,9-11,19H2,1-2H3. The van der Waals surface area contributed by atoms with Gasteiger partial charge in [0.05, 0.1) is 0 Å². The van der Waals surface area contributed by atoms with Gasteiger partial charge in [-0.05, 0) is 50.4 Å². The van der Waals surface area contributed by atoms with Crippen molar-refractivity contribution < 1.29 is 0 Å². The number of rotatable bonds is 3. The van der Waals surface area contributed by atoms with Crippen LogP contribution in [0.2, 0.25) is 0 Å². The topological polar surface area (TPSA) is 32.5 Å². The Bertz CT molecular complexity index is 505. The van der Waals surface area contributed by atoms with Gasteiger partial charge in [-0.25, -0.2) is 0 Å². The minimum Gasteiger partial charge on any atom is -0.329 e. The molecule has 0 bridgehead atoms. The van der Waals surface area contributed by atoms with Gasteiger partial charge in [0.15, 0.2) is 0 Å². The van der Waals surface area contributed by atoms with Crippen LogP contribution in [0.1, 0.15) is 36.9 Å². The second-order valence-electron chi connectivity index (χ2n) is 6.61. The summed E-state index contributed by atoms with van der Waals surface area (Å²) in [5.41, 5.74) is 8.79. The molecule has 3 nitrogen and oxygen atoms in total. The van der Waals surface area contributed by atoms with Crippen molar-refractivity contribution in [3.05, 3.63) is 33.8 Å². The number of hydrogen-bond donors (Lipinski definition) is 1. The highest BCUT2D eigenvalue weighted by Crippen LogP contribution is 2.34. The molecule has 2 aliphatic rings. The van der Waals surface area contributed by atoms with Crippen molar-refractivity contribution in [2.75, 3.05) is 26.2 Å². The van der Waals surface area contributed by atoms with Crippen LogP contribution in [0.3, 0.4) is 0 Å². The van der Waals surface area contributed by atoms with E-state index in [1.807, 2.05) is 0 Å². The lowest BCUT2D eigenvalue weighted by Crippen LogP contribution is -2.56. The van der Waals surface area contributed by atoms with E-state index in [1.54, 1.807) is 0 Å². The second kappa shape index (κ2) is 6.37. The van der Waals surface area contributed by atoms with Crippen molar-refractivity contribution >= 4 is 15.9 Å². The van der Waals surface area contributed by atoms with E-state index in [9.17, 15) is 0 Å². The maximum atomic E-state index is 6.17. The second-order valence-corrected chi connectivity index (χ2v) is 7.47. The van der Waals surface area contributed by atoms with E-state index in [0.717, 1.165) is 12.6 Å². The minimum absolute atomic E-state index is 0.317. The van der Waals surface area contributed by atoms with Crippen molar-refractivity contribution in [1.29, 1.82) is 0 Å². The average Bonchev–Trinajstić information content (AvgIpc) is 2.89. The first-order valence-electron chi connectivity index (χ1n) is 8.06. The molecule has 0 aliphatic carbocycles. The van der Waals surface area contributed by atoms with Crippen LogP contribution in [0.15, 0.2) is 22.7 Å². The molecule has 1 aromatic rings. The Morgan fingerprint density at radius 1 is 1.38 bits per heavy atom. The molecule has 3 unspecified atom stereocenters. The zero-order valence-electron chi connectivity index (χ0n) is 13.1. The van der Waals surface area contributed by atoms with E-state index in [1.165, 1.54) is 41.5 Å². The van der Waals surface area contributed by atoms with Crippen molar-refractivity contribution in [3.8, 4) is 0 Å². The van der Waals surface area contributed by atoms with Crippen molar-refractivity contribution in [3.63, 3.8) is 0 Å². The molecule has 2 fully saturated rings. The SMILES string of the molecule is Cc1ccc(C(CN)N2CC3CCCN3CC2C)c(Br)c1. The van der Waals surface area contributed by atoms with E-state index in [2.05, 4.69) is 57.8 Å². The van der Waals surface area contributed by atoms with Crippen LogP contribution < -0.4 is 5.73 Å². The van der Waals surface area contributed by atoms with Gasteiger partial charge in [0.1, 0.15) is 0 Å². The number of benzene rings is 1. The summed E-state index contributed by atoms with van der Waals surface area (Å²) in [5, 5.41) is 0. The van der Waals surface area contributed by atoms with Gasteiger partial charge in [0, 0.05) is 42.2 Å². The summed E-state index contributed by atoms with van der Waals surface area (Å²) in [6.45, 7) is 8.78. The molecule has 21 heavy (non-hydrogen) atoms. The molecule has 2 heterocycles. The molecule has 0 spiro atoms. The number of nitrogens with two attached hydrogens (primary N) is 1. The summed E-state index contributed by atoms with van der Waals surface area (Å²) in [4.78, 5) is 5.29. The van der Waals surface area contributed by atoms with Crippen LogP contribution in [0.5, 0.6) is 0 Å². The molecule has 0 saturated carbocycles. The van der Waals surface area contributed by atoms with E-state index in [0.29, 0.717) is 18.6 Å². The lowest BCUT2D eigenvalue weighted by molar-refractivity contribution is 0.0294. The van der Waals surface area contributed by atoms with Gasteiger partial charge in [-0.2, -0.15) is 0 Å². The number of aryl methyl sites for hydroxylation is 1. The summed E-state index contributed by atoms with van der Waals surface area (Å²) < 4.78 is 1.19. The zero-order chi connectivity index (χ0) is 15.0. The van der Waals surface area contributed by atoms with Gasteiger partial charge in [-0.1, -0.05) is 28.1 Å². The fourth-order valence-electron chi connectivity index (χ4n) is 3.99. The Balaban J connectivity index is 1.85. The molecule has 4 heteroatoms. The van der Waals surface area contributed by atoms with Crippen LogP contribution in [0.25, 0.3) is 0 Å². The monoisotopic (exact) mass is 351 g/mol. The molecule has 2 aliphatic heterocycles. The summed E-state index contributed by atoms with van der Waals surface area (Å²) in [6, 6.07) is 8.26. The Labute approximate surface area is 136 Å². The highest BCUT2D eigenvalue weighted by Gasteiger charge is 2.37. The van der Waals surface area contributed by atoms with Crippen LogP contribution in [-0.4, -0.2) is 48.1 Å². The summed E-state index contributed by atoms with van der Waals surface area (Å²) in [5.74, 6) is 0. The Morgan fingerprint density at radius 3 is 2.90 bits per heavy atom. The molecular formula is C17H26BrN3. The number of fused-ring (bicyclic) bond motifs is 1. The van der Waals surface area contributed by atoms with Gasteiger partial charge in [-0.3, -0.25) is 9.80 Å². The third kappa shape index (κ3) is 3.04. The Morgan fingerprint density at radius 2 is 2.19 bits per heavy atom. The molecule has 0 amide bonds. The molecule has 0 aromatic heterocycles. The van der Waals surface area contributed by atoms with Crippen molar-refractivity contribution in [2.45, 2.75) is 44.8 Å². The van der Waals surface area contributed by atoms with Gasteiger partial charge in [-0.15, -0.1) is 0 Å². The predicted octanol–water partition coefficient (Wildman–Crippen LogP) is 2.93. The first-order valence-corrected chi connectivity index (χ1v) is 8.85. The van der Waals surface area contributed by atoms with E-state index < -0.39 is 0 Å². The maximum absolute atomic E-state index is 6.17. The Kier molecular flexibility index (Phi) is 4.69. The van der Waals surface area contributed by atoms with E-state index in [-0.39, 0.29) is 0 Å². The first kappa shape index (κ1) is 15.5. The third-order valence-corrected chi connectivity index (χ3v) is 5.81. The smallest absolute Gasteiger partial charge is 0.0485 e. The zero-order valence-corrected chi connectivity index (χ0v) is 14.6. The molecule has 3 atom stereocenters. The van der Waals surface area contributed by atoms with E-state index in [4.69, 9.17) is 5.73 Å². The average molecular weight is 352 g/mol. The fourth-order valence-corrected chi connectivity index (χ4v) is 4.75. The van der Waals surface area contributed by atoms with Crippen molar-refractivity contribution in [2.24, 2.45) is 5.73 Å². The first-order chi connectivity index (χ1) is 10.1. The molecule has 1 aromatic carbocycles. The van der Waals surface area contributed by atoms with Crippen LogP contribution in [0.4, 0.5) is 0 Å².